The zero-order valence-corrected chi connectivity index (χ0v) is 20.1. The predicted molar refractivity (Wildman–Crippen MR) is 127 cm³/mol. The van der Waals surface area contributed by atoms with Gasteiger partial charge in [0.15, 0.2) is 0 Å². The van der Waals surface area contributed by atoms with E-state index >= 15 is 0 Å². The number of nitrogens with zero attached hydrogens (tertiary/aromatic N) is 1. The van der Waals surface area contributed by atoms with Crippen LogP contribution in [-0.4, -0.2) is 39.7 Å². The van der Waals surface area contributed by atoms with Crippen molar-refractivity contribution < 1.29 is 37.3 Å². The van der Waals surface area contributed by atoms with Crippen molar-refractivity contribution in [1.29, 1.82) is 0 Å². The van der Waals surface area contributed by atoms with Gasteiger partial charge in [0.1, 0.15) is 11.4 Å². The van der Waals surface area contributed by atoms with Gasteiger partial charge in [0.05, 0.1) is 5.56 Å². The number of alkyl halides is 3. The minimum atomic E-state index is -4.79. The molecule has 0 saturated heterocycles. The molecular formula is C26H27F3N2O5. The number of ether oxygens (including phenoxy) is 2. The number of alkyl carbamates (subject to hydrolysis) is 1. The van der Waals surface area contributed by atoms with Crippen LogP contribution in [0.4, 0.5) is 18.0 Å². The molecule has 192 valence electrons. The summed E-state index contributed by atoms with van der Waals surface area (Å²) in [6.45, 7) is 5.39. The first-order valence-corrected chi connectivity index (χ1v) is 11.5. The lowest BCUT2D eigenvalue weighted by atomic mass is 10.0. The van der Waals surface area contributed by atoms with E-state index in [1.54, 1.807) is 32.9 Å². The van der Waals surface area contributed by atoms with E-state index in [0.717, 1.165) is 18.4 Å². The fraction of sp³-hybridized carbons (Fsp3) is 0.385. The third kappa shape index (κ3) is 5.92. The number of halogens is 3. The van der Waals surface area contributed by atoms with Gasteiger partial charge < -0.3 is 24.5 Å². The number of rotatable bonds is 5. The van der Waals surface area contributed by atoms with Gasteiger partial charge in [-0.05, 0) is 75.9 Å². The van der Waals surface area contributed by atoms with Crippen LogP contribution >= 0.6 is 0 Å². The molecule has 2 N–H and O–H groups in total. The van der Waals surface area contributed by atoms with Gasteiger partial charge in [-0.25, -0.2) is 9.59 Å². The van der Waals surface area contributed by atoms with E-state index in [1.165, 1.54) is 30.3 Å². The number of aromatic nitrogens is 1. The Labute approximate surface area is 205 Å². The lowest BCUT2D eigenvalue weighted by Crippen LogP contribution is -2.38. The molecule has 0 bridgehead atoms. The molecule has 2 aromatic carbocycles. The van der Waals surface area contributed by atoms with Gasteiger partial charge >= 0.3 is 18.4 Å². The number of nitrogens with one attached hydrogen (secondary N) is 1. The minimum Gasteiger partial charge on any atom is -0.478 e. The fourth-order valence-electron chi connectivity index (χ4n) is 4.57. The van der Waals surface area contributed by atoms with E-state index in [0.29, 0.717) is 22.9 Å². The van der Waals surface area contributed by atoms with Gasteiger partial charge in [-0.15, -0.1) is 13.2 Å². The highest BCUT2D eigenvalue weighted by Crippen LogP contribution is 2.39. The summed E-state index contributed by atoms with van der Waals surface area (Å²) in [6.07, 6.45) is -1.20. The summed E-state index contributed by atoms with van der Waals surface area (Å²) >= 11 is 0. The Bertz CT molecular complexity index is 1280. The second-order valence-electron chi connectivity index (χ2n) is 9.87. The second-order valence-corrected chi connectivity index (χ2v) is 9.87. The van der Waals surface area contributed by atoms with Crippen molar-refractivity contribution in [3.05, 3.63) is 54.2 Å². The number of carbonyl (C=O) groups excluding carboxylic acids is 1. The largest absolute Gasteiger partial charge is 0.573 e. The Kier molecular flexibility index (Phi) is 6.64. The van der Waals surface area contributed by atoms with Crippen LogP contribution in [0.1, 0.15) is 56.4 Å². The van der Waals surface area contributed by atoms with Gasteiger partial charge in [-0.2, -0.15) is 0 Å². The summed E-state index contributed by atoms with van der Waals surface area (Å²) in [5.74, 6) is -1.42. The van der Waals surface area contributed by atoms with Crippen LogP contribution in [-0.2, 0) is 4.74 Å². The van der Waals surface area contributed by atoms with Crippen LogP contribution in [0.15, 0.2) is 48.7 Å². The first-order valence-electron chi connectivity index (χ1n) is 11.5. The van der Waals surface area contributed by atoms with Crippen LogP contribution in [0.5, 0.6) is 5.75 Å². The van der Waals surface area contributed by atoms with E-state index in [4.69, 9.17) is 4.74 Å². The average Bonchev–Trinajstić information content (AvgIpc) is 3.35. The lowest BCUT2D eigenvalue weighted by Gasteiger charge is -2.22. The molecule has 1 aromatic heterocycles. The molecule has 1 fully saturated rings. The number of benzene rings is 2. The van der Waals surface area contributed by atoms with Gasteiger partial charge in [0.2, 0.25) is 0 Å². The van der Waals surface area contributed by atoms with Crippen molar-refractivity contribution >= 4 is 23.0 Å². The van der Waals surface area contributed by atoms with Gasteiger partial charge in [-0.1, -0.05) is 12.1 Å². The molecule has 0 unspecified atom stereocenters. The first-order chi connectivity index (χ1) is 16.8. The Morgan fingerprint density at radius 1 is 1.06 bits per heavy atom. The number of carboxylic acid groups (broad SMARTS) is 1. The molecule has 0 radical (unpaired) electrons. The van der Waals surface area contributed by atoms with Crippen molar-refractivity contribution in [2.75, 3.05) is 0 Å². The molecule has 1 aliphatic rings. The number of aromatic carboxylic acids is 1. The molecule has 1 amide bonds. The first kappa shape index (κ1) is 25.4. The Morgan fingerprint density at radius 3 is 2.36 bits per heavy atom. The summed E-state index contributed by atoms with van der Waals surface area (Å²) in [7, 11) is 0. The quantitative estimate of drug-likeness (QED) is 0.413. The van der Waals surface area contributed by atoms with Crippen molar-refractivity contribution in [1.82, 2.24) is 9.88 Å². The van der Waals surface area contributed by atoms with E-state index in [1.807, 2.05) is 10.8 Å². The van der Waals surface area contributed by atoms with Gasteiger partial charge in [-0.3, -0.25) is 0 Å². The average molecular weight is 505 g/mol. The van der Waals surface area contributed by atoms with E-state index in [9.17, 15) is 27.9 Å². The normalized spacial score (nSPS) is 18.3. The predicted octanol–water partition coefficient (Wildman–Crippen LogP) is 6.52. The molecule has 1 aliphatic carbocycles. The Hall–Kier alpha value is -3.69. The van der Waals surface area contributed by atoms with Crippen LogP contribution in [0.3, 0.4) is 0 Å². The van der Waals surface area contributed by atoms with Crippen LogP contribution in [0.2, 0.25) is 0 Å². The molecule has 4 rings (SSSR count). The summed E-state index contributed by atoms with van der Waals surface area (Å²) in [5.41, 5.74) is 1.62. The van der Waals surface area contributed by atoms with E-state index in [2.05, 4.69) is 10.1 Å². The highest BCUT2D eigenvalue weighted by atomic mass is 19.4. The SMILES string of the molecule is CC(C)(C)OC(=O)N[C@@H]1CC[C@H](n2cc(-c3ccc(OC(F)(F)F)cc3)c3cc(C(=O)O)ccc32)C1. The summed E-state index contributed by atoms with van der Waals surface area (Å²) in [4.78, 5) is 23.8. The molecule has 0 aliphatic heterocycles. The number of hydrogen-bond acceptors (Lipinski definition) is 4. The van der Waals surface area contributed by atoms with E-state index in [-0.39, 0.29) is 23.4 Å². The van der Waals surface area contributed by atoms with Crippen molar-refractivity contribution in [3.8, 4) is 16.9 Å². The second kappa shape index (κ2) is 9.40. The topological polar surface area (TPSA) is 89.8 Å². The third-order valence-corrected chi connectivity index (χ3v) is 6.00. The minimum absolute atomic E-state index is 0.0321. The zero-order chi connectivity index (χ0) is 26.3. The molecule has 7 nitrogen and oxygen atoms in total. The molecule has 1 heterocycles. The van der Waals surface area contributed by atoms with Gasteiger partial charge in [0.25, 0.3) is 0 Å². The maximum absolute atomic E-state index is 12.5. The summed E-state index contributed by atoms with van der Waals surface area (Å²) in [6, 6.07) is 10.2. The number of amides is 1. The molecule has 0 spiro atoms. The number of fused-ring (bicyclic) bond motifs is 1. The van der Waals surface area contributed by atoms with Crippen molar-refractivity contribution in [2.24, 2.45) is 0 Å². The lowest BCUT2D eigenvalue weighted by molar-refractivity contribution is -0.274. The molecule has 2 atom stereocenters. The zero-order valence-electron chi connectivity index (χ0n) is 20.1. The van der Waals surface area contributed by atoms with Crippen LogP contribution in [0.25, 0.3) is 22.0 Å². The molecule has 3 aromatic rings. The third-order valence-electron chi connectivity index (χ3n) is 6.00. The maximum atomic E-state index is 12.5. The number of carbonyl (C=O) groups is 2. The monoisotopic (exact) mass is 504 g/mol. The molecule has 10 heteroatoms. The highest BCUT2D eigenvalue weighted by Gasteiger charge is 2.32. The smallest absolute Gasteiger partial charge is 0.478 e. The van der Waals surface area contributed by atoms with Crippen molar-refractivity contribution in [2.45, 2.75) is 64.1 Å². The summed E-state index contributed by atoms with van der Waals surface area (Å²) in [5, 5.41) is 13.1. The standard InChI is InChI=1S/C26H27F3N2O5/c1-25(2,3)36-24(34)30-17-7-8-18(13-17)31-14-21(20-12-16(23(32)33)6-11-22(20)31)15-4-9-19(10-5-15)35-26(27,28)29/h4-6,9-12,14,17-18H,7-8,13H2,1-3H3,(H,30,34)(H,32,33)/t17-,18+/m1/s1. The molecule has 36 heavy (non-hydrogen) atoms. The summed E-state index contributed by atoms with van der Waals surface area (Å²) < 4.78 is 49.0. The Morgan fingerprint density at radius 2 is 1.75 bits per heavy atom. The molecule has 1 saturated carbocycles. The maximum Gasteiger partial charge on any atom is 0.573 e. The fourth-order valence-corrected chi connectivity index (χ4v) is 4.57. The highest BCUT2D eigenvalue weighted by molar-refractivity contribution is 6.01. The van der Waals surface area contributed by atoms with Crippen molar-refractivity contribution in [3.63, 3.8) is 0 Å². The number of carboxylic acids is 1. The van der Waals surface area contributed by atoms with Gasteiger partial charge in [0, 0.05) is 34.7 Å². The number of hydrogen-bond donors (Lipinski definition) is 2. The molecular weight excluding hydrogens is 477 g/mol. The van der Waals surface area contributed by atoms with Crippen LogP contribution < -0.4 is 10.1 Å². The van der Waals surface area contributed by atoms with Crippen LogP contribution in [0, 0.1) is 0 Å². The Balaban J connectivity index is 1.64. The van der Waals surface area contributed by atoms with E-state index < -0.39 is 24.0 Å².